The first kappa shape index (κ1) is 5.19. The fourth-order valence-electron chi connectivity index (χ4n) is 2.58. The normalized spacial score (nSPS) is 48.8. The maximum Gasteiger partial charge on any atom is 0.0619 e. The van der Waals surface area contributed by atoms with Gasteiger partial charge in [-0.2, -0.15) is 0 Å². The molecule has 10 heavy (non-hydrogen) atoms. The van der Waals surface area contributed by atoms with Gasteiger partial charge in [0.1, 0.15) is 0 Å². The second-order valence-electron chi connectivity index (χ2n) is 3.61. The van der Waals surface area contributed by atoms with Crippen LogP contribution >= 0.6 is 0 Å². The highest BCUT2D eigenvalue weighted by molar-refractivity contribution is 5.14. The molecule has 3 aliphatic heterocycles. The molecule has 0 spiro atoms. The van der Waals surface area contributed by atoms with E-state index in [9.17, 15) is 0 Å². The molecule has 3 heterocycles. The van der Waals surface area contributed by atoms with Crippen LogP contribution in [-0.4, -0.2) is 28.6 Å². The summed E-state index contributed by atoms with van der Waals surface area (Å²) < 4.78 is 0. The Morgan fingerprint density at radius 1 is 1.20 bits per heavy atom. The number of hydrogen-bond acceptors (Lipinski definition) is 2. The van der Waals surface area contributed by atoms with E-state index >= 15 is 0 Å². The summed E-state index contributed by atoms with van der Waals surface area (Å²) in [6.45, 7) is 2.59. The van der Waals surface area contributed by atoms with E-state index in [0.717, 1.165) is 0 Å². The van der Waals surface area contributed by atoms with Crippen LogP contribution in [0.2, 0.25) is 0 Å². The molecule has 0 saturated carbocycles. The average molecular weight is 136 g/mol. The van der Waals surface area contributed by atoms with Crippen molar-refractivity contribution in [2.24, 2.45) is 0 Å². The summed E-state index contributed by atoms with van der Waals surface area (Å²) in [5.41, 5.74) is 0.569. The molecule has 0 aliphatic carbocycles. The molecule has 0 atom stereocenters. The summed E-state index contributed by atoms with van der Waals surface area (Å²) in [5, 5.41) is 4.94. The molecule has 3 rings (SSSR count). The number of hydrogen-bond donors (Lipinski definition) is 0. The number of rotatable bonds is 0. The molecule has 0 N–H and O–H groups in total. The van der Waals surface area contributed by atoms with Crippen LogP contribution in [0.1, 0.15) is 19.3 Å². The second kappa shape index (κ2) is 1.40. The molecule has 0 aromatic carbocycles. The molecule has 0 aromatic rings. The lowest BCUT2D eigenvalue weighted by atomic mass is 9.90. The molecule has 0 aromatic heterocycles. The minimum Gasteiger partial charge on any atom is -0.307 e. The quantitative estimate of drug-likeness (QED) is 0.489. The van der Waals surface area contributed by atoms with Gasteiger partial charge in [-0.15, -0.1) is 0 Å². The van der Waals surface area contributed by atoms with E-state index in [1.165, 1.54) is 32.4 Å². The van der Waals surface area contributed by atoms with Gasteiger partial charge in [-0.05, 0) is 19.3 Å². The Kier molecular flexibility index (Phi) is 0.725. The molecule has 0 radical (unpaired) electrons. The predicted octanol–water partition coefficient (Wildman–Crippen LogP) is 0.969. The molecule has 54 valence electrons. The molecule has 0 amide bonds. The van der Waals surface area contributed by atoms with Crippen molar-refractivity contribution >= 4 is 0 Å². The van der Waals surface area contributed by atoms with Gasteiger partial charge in [0.05, 0.1) is 5.54 Å². The highest BCUT2D eigenvalue weighted by atomic mass is 15.7. The van der Waals surface area contributed by atoms with Crippen molar-refractivity contribution in [2.75, 3.05) is 13.1 Å². The van der Waals surface area contributed by atoms with Crippen molar-refractivity contribution in [2.45, 2.75) is 24.8 Å². The van der Waals surface area contributed by atoms with E-state index in [1.807, 2.05) is 0 Å². The third kappa shape index (κ3) is 0.390. The summed E-state index contributed by atoms with van der Waals surface area (Å²) in [6, 6.07) is 0. The topological polar surface area (TPSA) is 6.48 Å². The van der Waals surface area contributed by atoms with Gasteiger partial charge in [-0.1, -0.05) is 6.08 Å². The Morgan fingerprint density at radius 3 is 2.70 bits per heavy atom. The van der Waals surface area contributed by atoms with Crippen molar-refractivity contribution in [1.29, 1.82) is 0 Å². The smallest absolute Gasteiger partial charge is 0.0619 e. The van der Waals surface area contributed by atoms with Crippen molar-refractivity contribution < 1.29 is 0 Å². The zero-order chi connectivity index (χ0) is 6.60. The van der Waals surface area contributed by atoms with Gasteiger partial charge in [0, 0.05) is 19.3 Å². The molecule has 2 fully saturated rings. The first-order chi connectivity index (χ1) is 4.91. The van der Waals surface area contributed by atoms with E-state index in [1.54, 1.807) is 0 Å². The van der Waals surface area contributed by atoms with Gasteiger partial charge in [0.25, 0.3) is 0 Å². The summed E-state index contributed by atoms with van der Waals surface area (Å²) in [6.07, 6.45) is 8.65. The van der Waals surface area contributed by atoms with Crippen LogP contribution in [-0.2, 0) is 0 Å². The minimum absolute atomic E-state index is 0.569. The van der Waals surface area contributed by atoms with Crippen molar-refractivity contribution in [3.63, 3.8) is 0 Å². The van der Waals surface area contributed by atoms with Crippen molar-refractivity contribution in [1.82, 2.24) is 10.0 Å². The summed E-state index contributed by atoms with van der Waals surface area (Å²) in [5.74, 6) is 0. The van der Waals surface area contributed by atoms with E-state index < -0.39 is 0 Å². The number of piperidine rings is 1. The lowest BCUT2D eigenvalue weighted by molar-refractivity contribution is 0.0883. The molecular weight excluding hydrogens is 124 g/mol. The maximum atomic E-state index is 2.48. The highest BCUT2D eigenvalue weighted by Crippen LogP contribution is 2.45. The Balaban J connectivity index is 2.08. The second-order valence-corrected chi connectivity index (χ2v) is 3.61. The summed E-state index contributed by atoms with van der Waals surface area (Å²) >= 11 is 0. The molecule has 2 nitrogen and oxygen atoms in total. The van der Waals surface area contributed by atoms with E-state index in [4.69, 9.17) is 0 Å². The average Bonchev–Trinajstić information content (AvgIpc) is 2.49. The Hall–Kier alpha value is -0.500. The van der Waals surface area contributed by atoms with Crippen LogP contribution in [0, 0.1) is 0 Å². The minimum atomic E-state index is 0.569. The third-order valence-electron chi connectivity index (χ3n) is 3.21. The van der Waals surface area contributed by atoms with Crippen LogP contribution in [0.25, 0.3) is 0 Å². The summed E-state index contributed by atoms with van der Waals surface area (Å²) in [7, 11) is 0. The van der Waals surface area contributed by atoms with Crippen molar-refractivity contribution in [3.05, 3.63) is 12.3 Å². The van der Waals surface area contributed by atoms with Gasteiger partial charge >= 0.3 is 0 Å². The number of hydrazine groups is 1. The van der Waals surface area contributed by atoms with Gasteiger partial charge in [-0.25, -0.2) is 5.01 Å². The van der Waals surface area contributed by atoms with Gasteiger partial charge in [-0.3, -0.25) is 0 Å². The van der Waals surface area contributed by atoms with Crippen LogP contribution in [0.4, 0.5) is 0 Å². The molecule has 2 saturated heterocycles. The first-order valence-corrected chi connectivity index (χ1v) is 4.12. The maximum absolute atomic E-state index is 2.48. The van der Waals surface area contributed by atoms with Crippen molar-refractivity contribution in [3.8, 4) is 0 Å². The lowest BCUT2D eigenvalue weighted by Crippen LogP contribution is -2.33. The SMILES string of the molecule is C1=CN2N3CCC2(C1)CC3. The van der Waals surface area contributed by atoms with E-state index in [0.29, 0.717) is 5.54 Å². The van der Waals surface area contributed by atoms with Crippen LogP contribution in [0.5, 0.6) is 0 Å². The standard InChI is InChI=1S/C8H12N2/c1-2-8-3-6-9(7-4-8)10(8)5-1/h1,5H,2-4,6-7H2. The van der Waals surface area contributed by atoms with E-state index in [-0.39, 0.29) is 0 Å². The predicted molar refractivity (Wildman–Crippen MR) is 39.1 cm³/mol. The molecule has 2 bridgehead atoms. The highest BCUT2D eigenvalue weighted by Gasteiger charge is 2.50. The molecule has 3 aliphatic rings. The Morgan fingerprint density at radius 2 is 2.00 bits per heavy atom. The van der Waals surface area contributed by atoms with Crippen LogP contribution < -0.4 is 0 Å². The van der Waals surface area contributed by atoms with Crippen LogP contribution in [0.15, 0.2) is 12.3 Å². The fraction of sp³-hybridized carbons (Fsp3) is 0.750. The van der Waals surface area contributed by atoms with E-state index in [2.05, 4.69) is 22.3 Å². The largest absolute Gasteiger partial charge is 0.307 e. The van der Waals surface area contributed by atoms with Crippen LogP contribution in [0.3, 0.4) is 0 Å². The number of nitrogens with zero attached hydrogens (tertiary/aromatic N) is 2. The lowest BCUT2D eigenvalue weighted by Gasteiger charge is -2.26. The fourth-order valence-corrected chi connectivity index (χ4v) is 2.58. The first-order valence-electron chi connectivity index (χ1n) is 4.12. The zero-order valence-corrected chi connectivity index (χ0v) is 6.08. The Bertz CT molecular complexity index is 189. The zero-order valence-electron chi connectivity index (χ0n) is 6.08. The third-order valence-corrected chi connectivity index (χ3v) is 3.21. The van der Waals surface area contributed by atoms with Gasteiger partial charge < -0.3 is 5.01 Å². The monoisotopic (exact) mass is 136 g/mol. The Labute approximate surface area is 61.1 Å². The molecular formula is C8H12N2. The van der Waals surface area contributed by atoms with Gasteiger partial charge in [0.2, 0.25) is 0 Å². The molecule has 2 heteroatoms. The molecule has 0 unspecified atom stereocenters. The summed E-state index contributed by atoms with van der Waals surface area (Å²) in [4.78, 5) is 0. The van der Waals surface area contributed by atoms with Gasteiger partial charge in [0.15, 0.2) is 0 Å².